The van der Waals surface area contributed by atoms with Gasteiger partial charge in [-0.15, -0.1) is 0 Å². The van der Waals surface area contributed by atoms with Gasteiger partial charge in [0.15, 0.2) is 17.5 Å². The largest absolute Gasteiger partial charge is 0.417 e. The van der Waals surface area contributed by atoms with Crippen LogP contribution in [0.3, 0.4) is 0 Å². The van der Waals surface area contributed by atoms with E-state index in [9.17, 15) is 13.2 Å². The van der Waals surface area contributed by atoms with Crippen molar-refractivity contribution in [2.24, 2.45) is 0 Å². The molecule has 2 aromatic heterocycles. The van der Waals surface area contributed by atoms with Gasteiger partial charge in [0.2, 0.25) is 0 Å². The van der Waals surface area contributed by atoms with Gasteiger partial charge in [-0.1, -0.05) is 145 Å². The number of hydrogen-bond acceptors (Lipinski definition) is 3. The van der Waals surface area contributed by atoms with E-state index in [4.69, 9.17) is 15.0 Å². The summed E-state index contributed by atoms with van der Waals surface area (Å²) in [5.41, 5.74) is 8.96. The Kier molecular flexibility index (Phi) is 8.35. The Hall–Kier alpha value is -6.86. The molecule has 4 nitrogen and oxygen atoms in total. The lowest BCUT2D eigenvalue weighted by atomic mass is 9.96. The molecule has 0 amide bonds. The number of fused-ring (bicyclic) bond motifs is 3. The third-order valence-electron chi connectivity index (χ3n) is 9.95. The van der Waals surface area contributed by atoms with Crippen LogP contribution in [-0.4, -0.2) is 19.5 Å². The molecule has 9 rings (SSSR count). The van der Waals surface area contributed by atoms with Crippen LogP contribution in [0.2, 0.25) is 0 Å². The summed E-state index contributed by atoms with van der Waals surface area (Å²) in [5, 5.41) is 2.03. The Labute approximate surface area is 316 Å². The summed E-state index contributed by atoms with van der Waals surface area (Å²) >= 11 is 0. The number of halogens is 3. The number of alkyl halides is 3. The van der Waals surface area contributed by atoms with E-state index in [2.05, 4.69) is 60.9 Å². The highest BCUT2D eigenvalue weighted by Crippen LogP contribution is 2.42. The monoisotopic (exact) mass is 722 g/mol. The second-order valence-electron chi connectivity index (χ2n) is 13.8. The average molecular weight is 723 g/mol. The first kappa shape index (κ1) is 33.9. The van der Waals surface area contributed by atoms with Crippen molar-refractivity contribution < 1.29 is 13.2 Å². The van der Waals surface area contributed by atoms with Crippen molar-refractivity contribution in [2.45, 2.75) is 20.0 Å². The van der Waals surface area contributed by atoms with Crippen molar-refractivity contribution in [3.8, 4) is 62.1 Å². The summed E-state index contributed by atoms with van der Waals surface area (Å²) in [6.45, 7) is 4.18. The van der Waals surface area contributed by atoms with Crippen LogP contribution in [0.5, 0.6) is 0 Å². The number of rotatable bonds is 6. The minimum absolute atomic E-state index is 0.0880. The van der Waals surface area contributed by atoms with Crippen LogP contribution in [0.25, 0.3) is 83.9 Å². The van der Waals surface area contributed by atoms with Crippen LogP contribution in [-0.2, 0) is 6.18 Å². The predicted molar refractivity (Wildman–Crippen MR) is 216 cm³/mol. The van der Waals surface area contributed by atoms with Gasteiger partial charge in [-0.3, -0.25) is 0 Å². The first-order valence-corrected chi connectivity index (χ1v) is 18.0. The molecule has 0 unspecified atom stereocenters. The molecule has 0 spiro atoms. The topological polar surface area (TPSA) is 43.6 Å². The van der Waals surface area contributed by atoms with Gasteiger partial charge >= 0.3 is 6.18 Å². The van der Waals surface area contributed by atoms with Crippen LogP contribution >= 0.6 is 0 Å². The fourth-order valence-corrected chi connectivity index (χ4v) is 7.54. The van der Waals surface area contributed by atoms with E-state index in [-0.39, 0.29) is 5.56 Å². The Bertz CT molecular complexity index is 2800. The number of aryl methyl sites for hydroxylation is 2. The summed E-state index contributed by atoms with van der Waals surface area (Å²) in [5.74, 6) is 1.37. The Morgan fingerprint density at radius 2 is 0.982 bits per heavy atom. The normalized spacial score (nSPS) is 11.7. The maximum absolute atomic E-state index is 14.5. The van der Waals surface area contributed by atoms with Gasteiger partial charge in [0, 0.05) is 27.5 Å². The van der Waals surface area contributed by atoms with E-state index >= 15 is 0 Å². The van der Waals surface area contributed by atoms with Gasteiger partial charge in [0.25, 0.3) is 0 Å². The summed E-state index contributed by atoms with van der Waals surface area (Å²) < 4.78 is 45.7. The van der Waals surface area contributed by atoms with E-state index < -0.39 is 11.7 Å². The fourth-order valence-electron chi connectivity index (χ4n) is 7.54. The zero-order valence-electron chi connectivity index (χ0n) is 30.0. The molecule has 0 N–H and O–H groups in total. The number of nitrogens with zero attached hydrogens (tertiary/aromatic N) is 4. The third-order valence-corrected chi connectivity index (χ3v) is 9.95. The van der Waals surface area contributed by atoms with E-state index in [1.165, 1.54) is 12.1 Å². The molecule has 0 saturated carbocycles. The van der Waals surface area contributed by atoms with E-state index in [1.807, 2.05) is 91.0 Å². The minimum atomic E-state index is -4.55. The highest BCUT2D eigenvalue weighted by molar-refractivity contribution is 6.10. The molecule has 0 bridgehead atoms. The van der Waals surface area contributed by atoms with E-state index in [0.717, 1.165) is 61.3 Å². The third kappa shape index (κ3) is 6.33. The molecule has 0 fully saturated rings. The van der Waals surface area contributed by atoms with Gasteiger partial charge in [-0.25, -0.2) is 15.0 Å². The smallest absolute Gasteiger partial charge is 0.308 e. The zero-order valence-corrected chi connectivity index (χ0v) is 30.0. The molecule has 55 heavy (non-hydrogen) atoms. The molecule has 0 radical (unpaired) electrons. The van der Waals surface area contributed by atoms with E-state index in [0.29, 0.717) is 34.3 Å². The lowest BCUT2D eigenvalue weighted by Crippen LogP contribution is -2.07. The lowest BCUT2D eigenvalue weighted by Gasteiger charge is -2.18. The average Bonchev–Trinajstić information content (AvgIpc) is 3.54. The van der Waals surface area contributed by atoms with Crippen molar-refractivity contribution in [1.82, 2.24) is 19.5 Å². The van der Waals surface area contributed by atoms with Crippen molar-refractivity contribution in [1.29, 1.82) is 0 Å². The SMILES string of the molecule is Cc1cc(C)cc(-c2ccc3c4ccccc4n(-c4cc(-c5ccccc5C(F)(F)F)ccc4-c4nc(-c5ccccc5)nc(-c5ccccc5)n4)c3c2)c1. The van der Waals surface area contributed by atoms with Crippen molar-refractivity contribution >= 4 is 21.8 Å². The minimum Gasteiger partial charge on any atom is -0.308 e. The highest BCUT2D eigenvalue weighted by atomic mass is 19.4. The Morgan fingerprint density at radius 3 is 1.65 bits per heavy atom. The predicted octanol–water partition coefficient (Wildman–Crippen LogP) is 12.9. The van der Waals surface area contributed by atoms with Crippen LogP contribution < -0.4 is 0 Å². The van der Waals surface area contributed by atoms with Crippen molar-refractivity contribution in [3.63, 3.8) is 0 Å². The second-order valence-corrected chi connectivity index (χ2v) is 13.8. The van der Waals surface area contributed by atoms with Crippen molar-refractivity contribution in [2.75, 3.05) is 0 Å². The van der Waals surface area contributed by atoms with Crippen LogP contribution in [0.15, 0.2) is 164 Å². The van der Waals surface area contributed by atoms with Gasteiger partial charge < -0.3 is 4.57 Å². The molecule has 0 aliphatic rings. The molecular weight excluding hydrogens is 690 g/mol. The molecule has 7 heteroatoms. The molecule has 9 aromatic rings. The van der Waals surface area contributed by atoms with Gasteiger partial charge in [-0.05, 0) is 66.4 Å². The molecule has 0 saturated heterocycles. The molecule has 0 atom stereocenters. The summed E-state index contributed by atoms with van der Waals surface area (Å²) in [6.07, 6.45) is -4.55. The first-order chi connectivity index (χ1) is 26.7. The summed E-state index contributed by atoms with van der Waals surface area (Å²) in [4.78, 5) is 15.0. The number of aromatic nitrogens is 4. The maximum atomic E-state index is 14.5. The second kappa shape index (κ2) is 13.5. The molecule has 266 valence electrons. The van der Waals surface area contributed by atoms with Crippen molar-refractivity contribution in [3.05, 3.63) is 180 Å². The Morgan fingerprint density at radius 1 is 0.418 bits per heavy atom. The number of benzene rings is 7. The molecule has 0 aliphatic carbocycles. The van der Waals surface area contributed by atoms with Gasteiger partial charge in [0.05, 0.1) is 22.3 Å². The molecule has 2 heterocycles. The molecule has 0 aliphatic heterocycles. The highest BCUT2D eigenvalue weighted by Gasteiger charge is 2.33. The maximum Gasteiger partial charge on any atom is 0.417 e. The van der Waals surface area contributed by atoms with Crippen LogP contribution in [0.4, 0.5) is 13.2 Å². The van der Waals surface area contributed by atoms with E-state index in [1.54, 1.807) is 12.1 Å². The number of hydrogen-bond donors (Lipinski definition) is 0. The summed E-state index contributed by atoms with van der Waals surface area (Å²) in [7, 11) is 0. The summed E-state index contributed by atoms with van der Waals surface area (Å²) in [6, 6.07) is 51.6. The lowest BCUT2D eigenvalue weighted by molar-refractivity contribution is -0.137. The fraction of sp³-hybridized carbons (Fsp3) is 0.0625. The van der Waals surface area contributed by atoms with Gasteiger partial charge in [0.1, 0.15) is 0 Å². The standard InChI is InChI=1S/C48H33F3N4/c1-30-25-31(2)27-36(26-30)34-21-23-39-38-18-10-12-20-42(38)55(43(39)28-34)44-29-35(37-17-9-11-19-41(37)48(49,50)51)22-24-40(44)47-53-45(32-13-5-3-6-14-32)52-46(54-47)33-15-7-4-8-16-33/h3-29H,1-2H3. The number of para-hydroxylation sites is 1. The molecular formula is C48H33F3N4. The quantitative estimate of drug-likeness (QED) is 0.172. The van der Waals surface area contributed by atoms with Crippen LogP contribution in [0, 0.1) is 13.8 Å². The van der Waals surface area contributed by atoms with Gasteiger partial charge in [-0.2, -0.15) is 13.2 Å². The zero-order chi connectivity index (χ0) is 37.7. The molecule has 7 aromatic carbocycles. The Balaban J connectivity index is 1.38. The van der Waals surface area contributed by atoms with Crippen LogP contribution in [0.1, 0.15) is 16.7 Å². The first-order valence-electron chi connectivity index (χ1n) is 18.0.